The van der Waals surface area contributed by atoms with E-state index in [4.69, 9.17) is 5.11 Å². The van der Waals surface area contributed by atoms with Gasteiger partial charge < -0.3 is 15.2 Å². The van der Waals surface area contributed by atoms with Crippen LogP contribution in [0.5, 0.6) is 0 Å². The number of esters is 1. The van der Waals surface area contributed by atoms with E-state index in [9.17, 15) is 9.59 Å². The Hall–Kier alpha value is -1.10. The van der Waals surface area contributed by atoms with Gasteiger partial charge in [-0.05, 0) is 12.8 Å². The molecule has 2 unspecified atom stereocenters. The second-order valence-corrected chi connectivity index (χ2v) is 4.16. The van der Waals surface area contributed by atoms with Crippen molar-refractivity contribution in [2.24, 2.45) is 11.8 Å². The first-order valence-electron chi connectivity index (χ1n) is 6.40. The molecule has 0 aromatic heterocycles. The van der Waals surface area contributed by atoms with Crippen LogP contribution in [0.1, 0.15) is 40.5 Å². The van der Waals surface area contributed by atoms with E-state index in [1.165, 1.54) is 7.11 Å². The highest BCUT2D eigenvalue weighted by atomic mass is 16.5. The molecule has 0 spiro atoms. The lowest BCUT2D eigenvalue weighted by molar-refractivity contribution is -0.144. The average Bonchev–Trinajstić information content (AvgIpc) is 2.42. The Bertz CT molecular complexity index is 231. The van der Waals surface area contributed by atoms with Crippen LogP contribution in [0, 0.1) is 11.8 Å². The topological polar surface area (TPSA) is 75.6 Å². The van der Waals surface area contributed by atoms with E-state index in [1.54, 1.807) is 0 Å². The summed E-state index contributed by atoms with van der Waals surface area (Å²) in [5.41, 5.74) is 0. The standard InChI is InChI=1S/C7H15NO2.C6H12O2/c1-3-6(2)7(10)8-4-5-9;1-4-5(2)6(7)8-3/h6,9H,3-5H2,1-2H3,(H,8,10);5H,4H2,1-3H3. The molecule has 0 aromatic rings. The summed E-state index contributed by atoms with van der Waals surface area (Å²) in [6.07, 6.45) is 1.70. The van der Waals surface area contributed by atoms with E-state index in [0.29, 0.717) is 6.54 Å². The summed E-state index contributed by atoms with van der Waals surface area (Å²) in [7, 11) is 1.41. The Balaban J connectivity index is 0. The van der Waals surface area contributed by atoms with Crippen LogP contribution in [-0.4, -0.2) is 37.2 Å². The number of hydrogen-bond donors (Lipinski definition) is 2. The third-order valence-electron chi connectivity index (χ3n) is 2.69. The van der Waals surface area contributed by atoms with E-state index < -0.39 is 0 Å². The third-order valence-corrected chi connectivity index (χ3v) is 2.69. The minimum absolute atomic E-state index is 0.0160. The Morgan fingerprint density at radius 3 is 1.94 bits per heavy atom. The van der Waals surface area contributed by atoms with Gasteiger partial charge in [0.05, 0.1) is 19.6 Å². The van der Waals surface area contributed by atoms with E-state index in [-0.39, 0.29) is 30.3 Å². The predicted molar refractivity (Wildman–Crippen MR) is 71.0 cm³/mol. The molecule has 0 fully saturated rings. The molecule has 0 saturated heterocycles. The predicted octanol–water partition coefficient (Wildman–Crippen LogP) is 1.35. The van der Waals surface area contributed by atoms with Gasteiger partial charge in [-0.2, -0.15) is 0 Å². The molecule has 5 nitrogen and oxygen atoms in total. The lowest BCUT2D eigenvalue weighted by atomic mass is 10.1. The summed E-state index contributed by atoms with van der Waals surface area (Å²) in [4.78, 5) is 21.4. The van der Waals surface area contributed by atoms with Crippen LogP contribution >= 0.6 is 0 Å². The van der Waals surface area contributed by atoms with Crippen LogP contribution in [0.3, 0.4) is 0 Å². The normalized spacial score (nSPS) is 12.8. The van der Waals surface area contributed by atoms with Gasteiger partial charge in [0.15, 0.2) is 0 Å². The third kappa shape index (κ3) is 10.1. The number of amides is 1. The minimum Gasteiger partial charge on any atom is -0.469 e. The number of nitrogens with one attached hydrogen (secondary N) is 1. The first kappa shape index (κ1) is 19.2. The maximum Gasteiger partial charge on any atom is 0.308 e. The molecule has 0 rings (SSSR count). The lowest BCUT2D eigenvalue weighted by Gasteiger charge is -2.07. The van der Waals surface area contributed by atoms with E-state index in [2.05, 4.69) is 10.1 Å². The summed E-state index contributed by atoms with van der Waals surface area (Å²) < 4.78 is 4.46. The SMILES string of the molecule is CCC(C)C(=O)NCCO.CCC(C)C(=O)OC. The maximum absolute atomic E-state index is 10.9. The fourth-order valence-electron chi connectivity index (χ4n) is 0.907. The number of carbonyl (C=O) groups is 2. The number of rotatable bonds is 6. The van der Waals surface area contributed by atoms with Gasteiger partial charge in [-0.15, -0.1) is 0 Å². The molecule has 2 N–H and O–H groups in total. The Morgan fingerprint density at radius 1 is 1.17 bits per heavy atom. The number of methoxy groups -OCH3 is 1. The zero-order valence-corrected chi connectivity index (χ0v) is 12.2. The van der Waals surface area contributed by atoms with Crippen molar-refractivity contribution in [3.63, 3.8) is 0 Å². The van der Waals surface area contributed by atoms with Gasteiger partial charge in [0, 0.05) is 12.5 Å². The Labute approximate surface area is 110 Å². The van der Waals surface area contributed by atoms with E-state index >= 15 is 0 Å². The molecular formula is C13H27NO4. The molecule has 0 bridgehead atoms. The largest absolute Gasteiger partial charge is 0.469 e. The highest BCUT2D eigenvalue weighted by Crippen LogP contribution is 2.00. The molecule has 1 amide bonds. The van der Waals surface area contributed by atoms with Crippen LogP contribution in [0.4, 0.5) is 0 Å². The summed E-state index contributed by atoms with van der Waals surface area (Å²) in [5, 5.41) is 10.9. The van der Waals surface area contributed by atoms with Crippen molar-refractivity contribution < 1.29 is 19.4 Å². The Kier molecular flexibility index (Phi) is 13.2. The quantitative estimate of drug-likeness (QED) is 0.708. The van der Waals surface area contributed by atoms with Crippen LogP contribution in [0.25, 0.3) is 0 Å². The van der Waals surface area contributed by atoms with Crippen LogP contribution < -0.4 is 5.32 Å². The maximum atomic E-state index is 10.9. The van der Waals surface area contributed by atoms with Gasteiger partial charge >= 0.3 is 5.97 Å². The minimum atomic E-state index is -0.118. The average molecular weight is 261 g/mol. The van der Waals surface area contributed by atoms with Gasteiger partial charge in [0.25, 0.3) is 0 Å². The molecule has 0 aliphatic rings. The van der Waals surface area contributed by atoms with Crippen molar-refractivity contribution in [3.05, 3.63) is 0 Å². The van der Waals surface area contributed by atoms with Crippen LogP contribution in [0.15, 0.2) is 0 Å². The van der Waals surface area contributed by atoms with Gasteiger partial charge in [-0.25, -0.2) is 0 Å². The van der Waals surface area contributed by atoms with Gasteiger partial charge in [0.2, 0.25) is 5.91 Å². The summed E-state index contributed by atoms with van der Waals surface area (Å²) in [6.45, 7) is 8.02. The zero-order chi connectivity index (χ0) is 14.6. The van der Waals surface area contributed by atoms with Crippen molar-refractivity contribution in [3.8, 4) is 0 Å². The van der Waals surface area contributed by atoms with Crippen molar-refractivity contribution in [2.75, 3.05) is 20.3 Å². The first-order chi connectivity index (χ1) is 8.44. The Morgan fingerprint density at radius 2 is 1.67 bits per heavy atom. The second-order valence-electron chi connectivity index (χ2n) is 4.16. The molecule has 0 aliphatic carbocycles. The van der Waals surface area contributed by atoms with Gasteiger partial charge in [-0.3, -0.25) is 9.59 Å². The fourth-order valence-corrected chi connectivity index (χ4v) is 0.907. The molecule has 0 aliphatic heterocycles. The van der Waals surface area contributed by atoms with E-state index in [0.717, 1.165) is 12.8 Å². The molecule has 0 saturated carbocycles. The van der Waals surface area contributed by atoms with Crippen LogP contribution in [0.2, 0.25) is 0 Å². The molecule has 18 heavy (non-hydrogen) atoms. The van der Waals surface area contributed by atoms with Crippen molar-refractivity contribution in [1.82, 2.24) is 5.32 Å². The summed E-state index contributed by atoms with van der Waals surface area (Å²) >= 11 is 0. The summed E-state index contributed by atoms with van der Waals surface area (Å²) in [5.74, 6) is 0.0237. The number of hydrogen-bond acceptors (Lipinski definition) is 4. The second kappa shape index (κ2) is 12.4. The fraction of sp³-hybridized carbons (Fsp3) is 0.846. The smallest absolute Gasteiger partial charge is 0.308 e. The van der Waals surface area contributed by atoms with Gasteiger partial charge in [-0.1, -0.05) is 27.7 Å². The molecule has 5 heteroatoms. The number of carbonyl (C=O) groups excluding carboxylic acids is 2. The number of ether oxygens (including phenoxy) is 1. The number of aliphatic hydroxyl groups excluding tert-OH is 1. The highest BCUT2D eigenvalue weighted by molar-refractivity contribution is 5.78. The van der Waals surface area contributed by atoms with Crippen molar-refractivity contribution in [1.29, 1.82) is 0 Å². The first-order valence-corrected chi connectivity index (χ1v) is 6.40. The van der Waals surface area contributed by atoms with Crippen LogP contribution in [-0.2, 0) is 14.3 Å². The van der Waals surface area contributed by atoms with E-state index in [1.807, 2.05) is 27.7 Å². The molecular weight excluding hydrogens is 234 g/mol. The number of aliphatic hydroxyl groups is 1. The molecule has 2 atom stereocenters. The molecule has 0 heterocycles. The lowest BCUT2D eigenvalue weighted by Crippen LogP contribution is -2.31. The molecule has 0 aromatic carbocycles. The monoisotopic (exact) mass is 261 g/mol. The highest BCUT2D eigenvalue weighted by Gasteiger charge is 2.08. The molecule has 0 radical (unpaired) electrons. The van der Waals surface area contributed by atoms with Gasteiger partial charge in [0.1, 0.15) is 0 Å². The zero-order valence-electron chi connectivity index (χ0n) is 12.2. The summed E-state index contributed by atoms with van der Waals surface area (Å²) in [6, 6.07) is 0. The molecule has 108 valence electrons. The van der Waals surface area contributed by atoms with Crippen molar-refractivity contribution in [2.45, 2.75) is 40.5 Å². The van der Waals surface area contributed by atoms with Crippen molar-refractivity contribution >= 4 is 11.9 Å².